The Morgan fingerprint density at radius 3 is 2.62 bits per heavy atom. The van der Waals surface area contributed by atoms with Gasteiger partial charge in [-0.3, -0.25) is 4.79 Å². The highest BCUT2D eigenvalue weighted by Crippen LogP contribution is 2.33. The summed E-state index contributed by atoms with van der Waals surface area (Å²) in [5.41, 5.74) is 0.813. The van der Waals surface area contributed by atoms with Gasteiger partial charge in [0.1, 0.15) is 5.82 Å². The second kappa shape index (κ2) is 7.77. The monoisotopic (exact) mass is 394 g/mol. The summed E-state index contributed by atoms with van der Waals surface area (Å²) in [6.07, 6.45) is 0.833. The number of thioether (sulfide) groups is 1. The van der Waals surface area contributed by atoms with Crippen molar-refractivity contribution in [1.82, 2.24) is 4.31 Å². The van der Waals surface area contributed by atoms with Gasteiger partial charge in [0.15, 0.2) is 0 Å². The number of rotatable bonds is 4. The predicted octanol–water partition coefficient (Wildman–Crippen LogP) is 2.98. The first-order valence-corrected chi connectivity index (χ1v) is 10.6. The quantitative estimate of drug-likeness (QED) is 0.800. The van der Waals surface area contributed by atoms with Gasteiger partial charge in [0, 0.05) is 18.5 Å². The number of sulfonamides is 1. The lowest BCUT2D eigenvalue weighted by atomic mass is 10.2. The molecule has 0 aliphatic carbocycles. The first-order valence-electron chi connectivity index (χ1n) is 8.14. The van der Waals surface area contributed by atoms with E-state index in [4.69, 9.17) is 0 Å². The normalized spacial score (nSPS) is 14.8. The van der Waals surface area contributed by atoms with Crippen molar-refractivity contribution in [3.8, 4) is 0 Å². The fraction of sp³-hybridized carbons (Fsp3) is 0.278. The molecule has 1 aliphatic rings. The molecule has 0 saturated carbocycles. The van der Waals surface area contributed by atoms with Crippen LogP contribution in [0.25, 0.3) is 0 Å². The van der Waals surface area contributed by atoms with E-state index < -0.39 is 15.8 Å². The van der Waals surface area contributed by atoms with Crippen molar-refractivity contribution >= 4 is 33.4 Å². The van der Waals surface area contributed by atoms with Gasteiger partial charge in [-0.2, -0.15) is 4.31 Å². The zero-order chi connectivity index (χ0) is 18.7. The van der Waals surface area contributed by atoms with E-state index in [0.29, 0.717) is 6.54 Å². The van der Waals surface area contributed by atoms with Crippen molar-refractivity contribution in [1.29, 1.82) is 0 Å². The van der Waals surface area contributed by atoms with E-state index in [1.54, 1.807) is 16.7 Å². The number of anilines is 1. The summed E-state index contributed by atoms with van der Waals surface area (Å²) < 4.78 is 39.2. The molecule has 26 heavy (non-hydrogen) atoms. The van der Waals surface area contributed by atoms with E-state index in [0.717, 1.165) is 39.2 Å². The number of hydrogen-bond donors (Lipinski definition) is 0. The molecular weight excluding hydrogens is 375 g/mol. The van der Waals surface area contributed by atoms with E-state index in [-0.39, 0.29) is 17.3 Å². The number of benzene rings is 2. The van der Waals surface area contributed by atoms with Gasteiger partial charge < -0.3 is 4.90 Å². The highest BCUT2D eigenvalue weighted by molar-refractivity contribution is 7.99. The van der Waals surface area contributed by atoms with Crippen molar-refractivity contribution in [2.24, 2.45) is 0 Å². The smallest absolute Gasteiger partial charge is 0.243 e. The van der Waals surface area contributed by atoms with E-state index in [9.17, 15) is 17.6 Å². The molecule has 5 nitrogen and oxygen atoms in total. The standard InChI is InChI=1S/C18H19FN2O3S2/c1-20(26(23,24)15-9-7-14(19)8-10-15)13-18(22)21-11-4-12-25-17-6-3-2-5-16(17)21/h2-3,5-10H,4,11-13H2,1H3. The maximum atomic E-state index is 13.0. The Morgan fingerprint density at radius 2 is 1.88 bits per heavy atom. The van der Waals surface area contributed by atoms with Gasteiger partial charge in [0.25, 0.3) is 0 Å². The molecule has 0 bridgehead atoms. The molecule has 2 aromatic rings. The number of nitrogens with zero attached hydrogens (tertiary/aromatic N) is 2. The predicted molar refractivity (Wildman–Crippen MR) is 100 cm³/mol. The number of fused-ring (bicyclic) bond motifs is 1. The Hall–Kier alpha value is -1.90. The van der Waals surface area contributed by atoms with Crippen LogP contribution in [0.4, 0.5) is 10.1 Å². The number of likely N-dealkylation sites (N-methyl/N-ethyl adjacent to an activating group) is 1. The van der Waals surface area contributed by atoms with Crippen molar-refractivity contribution in [2.45, 2.75) is 16.2 Å². The Kier molecular flexibility index (Phi) is 5.64. The molecule has 1 amide bonds. The van der Waals surface area contributed by atoms with Gasteiger partial charge in [0.2, 0.25) is 15.9 Å². The van der Waals surface area contributed by atoms with Crippen LogP contribution in [0.2, 0.25) is 0 Å². The summed E-state index contributed by atoms with van der Waals surface area (Å²) in [5, 5.41) is 0. The Bertz CT molecular complexity index is 901. The molecule has 0 unspecified atom stereocenters. The van der Waals surface area contributed by atoms with Gasteiger partial charge in [-0.25, -0.2) is 12.8 Å². The molecule has 0 fully saturated rings. The van der Waals surface area contributed by atoms with Gasteiger partial charge in [-0.1, -0.05) is 12.1 Å². The highest BCUT2D eigenvalue weighted by atomic mass is 32.2. The molecule has 2 aromatic carbocycles. The lowest BCUT2D eigenvalue weighted by Crippen LogP contribution is -2.41. The summed E-state index contributed by atoms with van der Waals surface area (Å²) in [7, 11) is -2.51. The molecule has 8 heteroatoms. The average molecular weight is 394 g/mol. The molecule has 0 saturated heterocycles. The van der Waals surface area contributed by atoms with Crippen molar-refractivity contribution in [3.05, 3.63) is 54.3 Å². The van der Waals surface area contributed by atoms with Crippen molar-refractivity contribution in [3.63, 3.8) is 0 Å². The fourth-order valence-electron chi connectivity index (χ4n) is 2.73. The van der Waals surface area contributed by atoms with Crippen LogP contribution >= 0.6 is 11.8 Å². The third-order valence-corrected chi connectivity index (χ3v) is 7.09. The average Bonchev–Trinajstić information content (AvgIpc) is 2.84. The van der Waals surface area contributed by atoms with Crippen molar-refractivity contribution < 1.29 is 17.6 Å². The van der Waals surface area contributed by atoms with Gasteiger partial charge in [-0.05, 0) is 48.6 Å². The van der Waals surface area contributed by atoms with Crippen molar-refractivity contribution in [2.75, 3.05) is 30.8 Å². The third-order valence-electron chi connectivity index (χ3n) is 4.12. The van der Waals surface area contributed by atoms with Crippen LogP contribution in [0.1, 0.15) is 6.42 Å². The van der Waals surface area contributed by atoms with Crippen LogP contribution in [0.3, 0.4) is 0 Å². The fourth-order valence-corrected chi connectivity index (χ4v) is 4.85. The van der Waals surface area contributed by atoms with E-state index in [1.165, 1.54) is 19.2 Å². The van der Waals surface area contributed by atoms with Crippen LogP contribution in [0, 0.1) is 5.82 Å². The van der Waals surface area contributed by atoms with Crippen LogP contribution in [0.5, 0.6) is 0 Å². The van der Waals surface area contributed by atoms with Crippen LogP contribution in [-0.4, -0.2) is 44.5 Å². The molecule has 3 rings (SSSR count). The number of hydrogen-bond acceptors (Lipinski definition) is 4. The minimum Gasteiger partial charge on any atom is -0.310 e. The molecule has 1 aliphatic heterocycles. The lowest BCUT2D eigenvalue weighted by Gasteiger charge is -2.25. The van der Waals surface area contributed by atoms with Crippen LogP contribution in [0.15, 0.2) is 58.3 Å². The van der Waals surface area contributed by atoms with E-state index in [1.807, 2.05) is 24.3 Å². The molecule has 0 atom stereocenters. The number of halogens is 1. The number of amides is 1. The highest BCUT2D eigenvalue weighted by Gasteiger charge is 2.27. The second-order valence-electron chi connectivity index (χ2n) is 5.93. The number of carbonyl (C=O) groups is 1. The van der Waals surface area contributed by atoms with Crippen LogP contribution < -0.4 is 4.90 Å². The largest absolute Gasteiger partial charge is 0.310 e. The minimum atomic E-state index is -3.86. The summed E-state index contributed by atoms with van der Waals surface area (Å²) >= 11 is 1.69. The topological polar surface area (TPSA) is 57.7 Å². The molecule has 0 radical (unpaired) electrons. The third kappa shape index (κ3) is 3.92. The van der Waals surface area contributed by atoms with Crippen LogP contribution in [-0.2, 0) is 14.8 Å². The first-order chi connectivity index (χ1) is 12.4. The maximum Gasteiger partial charge on any atom is 0.243 e. The van der Waals surface area contributed by atoms with Gasteiger partial charge >= 0.3 is 0 Å². The van der Waals surface area contributed by atoms with E-state index in [2.05, 4.69) is 0 Å². The van der Waals surface area contributed by atoms with Gasteiger partial charge in [0.05, 0.1) is 17.1 Å². The van der Waals surface area contributed by atoms with E-state index >= 15 is 0 Å². The first kappa shape index (κ1) is 18.9. The molecule has 1 heterocycles. The summed E-state index contributed by atoms with van der Waals surface area (Å²) in [6.45, 7) is 0.270. The minimum absolute atomic E-state index is 0.0407. The summed E-state index contributed by atoms with van der Waals surface area (Å²) in [4.78, 5) is 15.4. The molecule has 0 N–H and O–H groups in total. The lowest BCUT2D eigenvalue weighted by molar-refractivity contribution is -0.118. The molecule has 0 aromatic heterocycles. The molecule has 138 valence electrons. The maximum absolute atomic E-state index is 13.0. The summed E-state index contributed by atoms with van der Waals surface area (Å²) in [6, 6.07) is 12.2. The second-order valence-corrected chi connectivity index (χ2v) is 9.11. The zero-order valence-corrected chi connectivity index (χ0v) is 15.9. The SMILES string of the molecule is CN(CC(=O)N1CCCSc2ccccc21)S(=O)(=O)c1ccc(F)cc1. The van der Waals surface area contributed by atoms with Gasteiger partial charge in [-0.15, -0.1) is 11.8 Å². The zero-order valence-electron chi connectivity index (χ0n) is 14.3. The summed E-state index contributed by atoms with van der Waals surface area (Å²) in [5.74, 6) is 0.110. The number of para-hydroxylation sites is 1. The Labute approximate surface area is 156 Å². The number of carbonyl (C=O) groups excluding carboxylic acids is 1. The molecule has 0 spiro atoms. The Balaban J connectivity index is 1.80. The Morgan fingerprint density at radius 1 is 1.19 bits per heavy atom. The molecular formula is C18H19FN2O3S2.